The normalized spacial score (nSPS) is 16.7. The van der Waals surface area contributed by atoms with Crippen molar-refractivity contribution in [2.75, 3.05) is 13.2 Å². The Bertz CT molecular complexity index is 365. The summed E-state index contributed by atoms with van der Waals surface area (Å²) < 4.78 is 5.72. The molecule has 3 heteroatoms. The Hall–Kier alpha value is -0.730. The van der Waals surface area contributed by atoms with E-state index in [1.54, 1.807) is 0 Å². The molecule has 0 spiro atoms. The van der Waals surface area contributed by atoms with Gasteiger partial charge in [0.25, 0.3) is 0 Å². The molecule has 1 atom stereocenters. The summed E-state index contributed by atoms with van der Waals surface area (Å²) in [4.78, 5) is 0. The Labute approximate surface area is 95.4 Å². The van der Waals surface area contributed by atoms with Crippen LogP contribution in [-0.4, -0.2) is 13.2 Å². The van der Waals surface area contributed by atoms with E-state index in [2.05, 4.69) is 6.92 Å². The van der Waals surface area contributed by atoms with Crippen LogP contribution in [0.2, 0.25) is 5.02 Å². The minimum absolute atomic E-state index is 0.301. The molecule has 0 aromatic heterocycles. The maximum atomic E-state index is 6.09. The zero-order valence-corrected chi connectivity index (χ0v) is 9.68. The molecule has 1 aliphatic rings. The largest absolute Gasteiger partial charge is 0.493 e. The number of hydrogen-bond acceptors (Lipinski definition) is 2. The van der Waals surface area contributed by atoms with Crippen molar-refractivity contribution in [2.45, 2.75) is 25.7 Å². The van der Waals surface area contributed by atoms with E-state index in [0.717, 1.165) is 35.8 Å². The Kier molecular flexibility index (Phi) is 3.17. The molecule has 0 radical (unpaired) electrons. The second-order valence-electron chi connectivity index (χ2n) is 4.07. The molecule has 15 heavy (non-hydrogen) atoms. The van der Waals surface area contributed by atoms with Crippen molar-refractivity contribution in [3.05, 3.63) is 28.3 Å². The molecule has 0 fully saturated rings. The molecule has 0 saturated carbocycles. The molecule has 0 bridgehead atoms. The third kappa shape index (κ3) is 2.11. The highest BCUT2D eigenvalue weighted by Crippen LogP contribution is 2.36. The second-order valence-corrected chi connectivity index (χ2v) is 4.51. The van der Waals surface area contributed by atoms with Crippen LogP contribution in [0.4, 0.5) is 0 Å². The topological polar surface area (TPSA) is 35.2 Å². The first-order valence-electron chi connectivity index (χ1n) is 5.37. The van der Waals surface area contributed by atoms with Crippen LogP contribution in [0.5, 0.6) is 5.75 Å². The lowest BCUT2D eigenvalue weighted by Gasteiger charge is -2.23. The summed E-state index contributed by atoms with van der Waals surface area (Å²) in [5, 5.41) is 0.787. The van der Waals surface area contributed by atoms with E-state index in [4.69, 9.17) is 22.1 Å². The monoisotopic (exact) mass is 225 g/mol. The lowest BCUT2D eigenvalue weighted by molar-refractivity contribution is 0.284. The predicted octanol–water partition coefficient (Wildman–Crippen LogP) is 2.73. The molecule has 1 aromatic carbocycles. The molecule has 82 valence electrons. The van der Waals surface area contributed by atoms with Gasteiger partial charge in [0, 0.05) is 5.02 Å². The molecule has 1 aromatic rings. The van der Waals surface area contributed by atoms with E-state index in [1.165, 1.54) is 5.56 Å². The molecule has 2 rings (SSSR count). The van der Waals surface area contributed by atoms with Crippen LogP contribution in [0, 0.1) is 0 Å². The van der Waals surface area contributed by atoms with Gasteiger partial charge in [-0.25, -0.2) is 0 Å². The van der Waals surface area contributed by atoms with Crippen molar-refractivity contribution >= 4 is 11.6 Å². The molecule has 2 N–H and O–H groups in total. The highest BCUT2D eigenvalue weighted by Gasteiger charge is 2.18. The molecule has 0 saturated heterocycles. The number of nitrogens with two attached hydrogens (primary N) is 1. The summed E-state index contributed by atoms with van der Waals surface area (Å²) in [5.41, 5.74) is 8.07. The lowest BCUT2D eigenvalue weighted by Crippen LogP contribution is -2.15. The molecule has 2 nitrogen and oxygen atoms in total. The highest BCUT2D eigenvalue weighted by molar-refractivity contribution is 6.30. The lowest BCUT2D eigenvalue weighted by atomic mass is 9.95. The van der Waals surface area contributed by atoms with Gasteiger partial charge in [0.15, 0.2) is 0 Å². The first kappa shape index (κ1) is 10.8. The van der Waals surface area contributed by atoms with Crippen LogP contribution >= 0.6 is 11.6 Å². The Morgan fingerprint density at radius 1 is 1.53 bits per heavy atom. The van der Waals surface area contributed by atoms with Crippen molar-refractivity contribution < 1.29 is 4.74 Å². The maximum Gasteiger partial charge on any atom is 0.126 e. The van der Waals surface area contributed by atoms with Crippen molar-refractivity contribution in [3.8, 4) is 5.75 Å². The third-order valence-corrected chi connectivity index (χ3v) is 3.10. The first-order chi connectivity index (χ1) is 7.22. The summed E-state index contributed by atoms with van der Waals surface area (Å²) >= 11 is 6.09. The molecular weight excluding hydrogens is 210 g/mol. The van der Waals surface area contributed by atoms with Gasteiger partial charge in [-0.3, -0.25) is 0 Å². The molecular formula is C12H16ClNO. The highest BCUT2D eigenvalue weighted by atomic mass is 35.5. The minimum Gasteiger partial charge on any atom is -0.493 e. The van der Waals surface area contributed by atoms with Crippen LogP contribution in [0.3, 0.4) is 0 Å². The third-order valence-electron chi connectivity index (χ3n) is 2.88. The van der Waals surface area contributed by atoms with Gasteiger partial charge in [0.1, 0.15) is 5.75 Å². The van der Waals surface area contributed by atoms with Crippen molar-refractivity contribution in [3.63, 3.8) is 0 Å². The zero-order chi connectivity index (χ0) is 10.8. The summed E-state index contributed by atoms with van der Waals surface area (Å²) in [5.74, 6) is 1.32. The number of rotatable bonds is 2. The number of ether oxygens (including phenoxy) is 1. The predicted molar refractivity (Wildman–Crippen MR) is 62.7 cm³/mol. The Morgan fingerprint density at radius 3 is 3.07 bits per heavy atom. The van der Waals surface area contributed by atoms with Crippen LogP contribution in [-0.2, 0) is 6.42 Å². The summed E-state index contributed by atoms with van der Waals surface area (Å²) in [6.07, 6.45) is 2.13. The fourth-order valence-corrected chi connectivity index (χ4v) is 2.21. The van der Waals surface area contributed by atoms with E-state index in [9.17, 15) is 0 Å². The Morgan fingerprint density at radius 2 is 2.33 bits per heavy atom. The van der Waals surface area contributed by atoms with Gasteiger partial charge in [-0.1, -0.05) is 18.5 Å². The van der Waals surface area contributed by atoms with Crippen molar-refractivity contribution in [1.29, 1.82) is 0 Å². The molecule has 1 heterocycles. The van der Waals surface area contributed by atoms with Gasteiger partial charge in [-0.15, -0.1) is 0 Å². The number of halogens is 1. The van der Waals surface area contributed by atoms with E-state index in [-0.39, 0.29) is 0 Å². The van der Waals surface area contributed by atoms with Gasteiger partial charge >= 0.3 is 0 Å². The van der Waals surface area contributed by atoms with Crippen LogP contribution in [0.15, 0.2) is 12.1 Å². The first-order valence-corrected chi connectivity index (χ1v) is 5.75. The van der Waals surface area contributed by atoms with Gasteiger partial charge in [-0.2, -0.15) is 0 Å². The summed E-state index contributed by atoms with van der Waals surface area (Å²) in [6, 6.07) is 3.98. The second kappa shape index (κ2) is 4.42. The van der Waals surface area contributed by atoms with Gasteiger partial charge in [0.2, 0.25) is 0 Å². The number of fused-ring (bicyclic) bond motifs is 1. The van der Waals surface area contributed by atoms with E-state index in [1.807, 2.05) is 12.1 Å². The average Bonchev–Trinajstić information content (AvgIpc) is 2.26. The van der Waals surface area contributed by atoms with Gasteiger partial charge < -0.3 is 10.5 Å². The number of aryl methyl sites for hydroxylation is 1. The SMILES string of the molecule is CC(CN)c1cc(Cl)cc2c1OCCC2. The van der Waals surface area contributed by atoms with E-state index in [0.29, 0.717) is 12.5 Å². The summed E-state index contributed by atoms with van der Waals surface area (Å²) in [7, 11) is 0. The van der Waals surface area contributed by atoms with Gasteiger partial charge in [-0.05, 0) is 48.6 Å². The number of benzene rings is 1. The van der Waals surface area contributed by atoms with Crippen molar-refractivity contribution in [2.24, 2.45) is 5.73 Å². The number of hydrogen-bond donors (Lipinski definition) is 1. The van der Waals surface area contributed by atoms with Crippen LogP contribution in [0.25, 0.3) is 0 Å². The zero-order valence-electron chi connectivity index (χ0n) is 8.92. The quantitative estimate of drug-likeness (QED) is 0.840. The fraction of sp³-hybridized carbons (Fsp3) is 0.500. The van der Waals surface area contributed by atoms with E-state index < -0.39 is 0 Å². The Balaban J connectivity index is 2.47. The van der Waals surface area contributed by atoms with Crippen LogP contribution < -0.4 is 10.5 Å². The van der Waals surface area contributed by atoms with Gasteiger partial charge in [0.05, 0.1) is 6.61 Å². The maximum absolute atomic E-state index is 6.09. The molecule has 0 aliphatic carbocycles. The molecule has 0 amide bonds. The van der Waals surface area contributed by atoms with E-state index >= 15 is 0 Å². The van der Waals surface area contributed by atoms with Crippen LogP contribution in [0.1, 0.15) is 30.4 Å². The fourth-order valence-electron chi connectivity index (χ4n) is 1.96. The van der Waals surface area contributed by atoms with Crippen molar-refractivity contribution in [1.82, 2.24) is 0 Å². The summed E-state index contributed by atoms with van der Waals surface area (Å²) in [6.45, 7) is 3.53. The smallest absolute Gasteiger partial charge is 0.126 e. The molecule has 1 aliphatic heterocycles. The minimum atomic E-state index is 0.301. The molecule has 1 unspecified atom stereocenters. The standard InChI is InChI=1S/C12H16ClNO/c1-8(7-14)11-6-10(13)5-9-3-2-4-15-12(9)11/h5-6,8H,2-4,7,14H2,1H3. The average molecular weight is 226 g/mol.